The largest absolute Gasteiger partial charge is 0.331 e. The van der Waals surface area contributed by atoms with Gasteiger partial charge >= 0.3 is 0 Å². The standard InChI is InChI=1S/C19H24N2O3S2/c1-14(2)20(3)26(23,24)18-8-4-16(5-9-18)19(22)21(17-6-7-17)12-15-10-11-25-13-15/h4-5,8-11,13-14,17H,6-7,12H2,1-3H3. The Kier molecular flexibility index (Phi) is 5.50. The Morgan fingerprint density at radius 1 is 1.19 bits per heavy atom. The molecule has 1 amide bonds. The minimum atomic E-state index is -3.54. The zero-order valence-corrected chi connectivity index (χ0v) is 16.9. The van der Waals surface area contributed by atoms with Gasteiger partial charge in [0.25, 0.3) is 5.91 Å². The molecule has 1 aromatic heterocycles. The van der Waals surface area contributed by atoms with Crippen LogP contribution >= 0.6 is 11.3 Å². The molecule has 0 aliphatic heterocycles. The third-order valence-corrected chi connectivity index (χ3v) is 7.47. The average Bonchev–Trinajstić information content (AvgIpc) is 3.34. The van der Waals surface area contributed by atoms with E-state index < -0.39 is 10.0 Å². The van der Waals surface area contributed by atoms with Crippen molar-refractivity contribution in [2.24, 2.45) is 0 Å². The summed E-state index contributed by atoms with van der Waals surface area (Å²) < 4.78 is 26.4. The maximum atomic E-state index is 12.9. The van der Waals surface area contributed by atoms with Crippen LogP contribution in [0.15, 0.2) is 46.0 Å². The van der Waals surface area contributed by atoms with E-state index in [0.717, 1.165) is 18.4 Å². The normalized spacial score (nSPS) is 14.8. The fourth-order valence-electron chi connectivity index (χ4n) is 2.71. The van der Waals surface area contributed by atoms with Crippen molar-refractivity contribution in [3.63, 3.8) is 0 Å². The van der Waals surface area contributed by atoms with Crippen molar-refractivity contribution in [1.82, 2.24) is 9.21 Å². The lowest BCUT2D eigenvalue weighted by Gasteiger charge is -2.23. The first-order valence-electron chi connectivity index (χ1n) is 8.71. The fraction of sp³-hybridized carbons (Fsp3) is 0.421. The highest BCUT2D eigenvalue weighted by Crippen LogP contribution is 2.30. The van der Waals surface area contributed by atoms with E-state index >= 15 is 0 Å². The van der Waals surface area contributed by atoms with Gasteiger partial charge in [0.2, 0.25) is 10.0 Å². The minimum Gasteiger partial charge on any atom is -0.331 e. The highest BCUT2D eigenvalue weighted by Gasteiger charge is 2.33. The number of nitrogens with zero attached hydrogens (tertiary/aromatic N) is 2. The molecule has 0 bridgehead atoms. The van der Waals surface area contributed by atoms with Gasteiger partial charge in [-0.1, -0.05) is 0 Å². The molecule has 3 rings (SSSR count). The van der Waals surface area contributed by atoms with Crippen molar-refractivity contribution in [1.29, 1.82) is 0 Å². The summed E-state index contributed by atoms with van der Waals surface area (Å²) in [5.41, 5.74) is 1.66. The molecule has 0 saturated heterocycles. The molecule has 2 aromatic rings. The molecule has 5 nitrogen and oxygen atoms in total. The third-order valence-electron chi connectivity index (χ3n) is 4.69. The van der Waals surface area contributed by atoms with Crippen LogP contribution in [0.4, 0.5) is 0 Å². The number of hydrogen-bond donors (Lipinski definition) is 0. The molecule has 7 heteroatoms. The zero-order valence-electron chi connectivity index (χ0n) is 15.3. The van der Waals surface area contributed by atoms with Gasteiger partial charge in [-0.25, -0.2) is 8.42 Å². The Hall–Kier alpha value is -1.70. The van der Waals surface area contributed by atoms with E-state index in [9.17, 15) is 13.2 Å². The number of hydrogen-bond acceptors (Lipinski definition) is 4. The summed E-state index contributed by atoms with van der Waals surface area (Å²) in [6.07, 6.45) is 2.06. The van der Waals surface area contributed by atoms with Gasteiger partial charge in [0, 0.05) is 31.2 Å². The van der Waals surface area contributed by atoms with Crippen molar-refractivity contribution in [3.8, 4) is 0 Å². The number of rotatable bonds is 7. The van der Waals surface area contributed by atoms with Gasteiger partial charge in [0.15, 0.2) is 0 Å². The van der Waals surface area contributed by atoms with Crippen LogP contribution in [0, 0.1) is 0 Å². The molecule has 140 valence electrons. The van der Waals surface area contributed by atoms with E-state index in [4.69, 9.17) is 0 Å². The Morgan fingerprint density at radius 3 is 2.35 bits per heavy atom. The van der Waals surface area contributed by atoms with E-state index in [1.807, 2.05) is 30.2 Å². The number of thiophene rings is 1. The highest BCUT2D eigenvalue weighted by molar-refractivity contribution is 7.89. The molecule has 1 aliphatic carbocycles. The molecule has 1 aromatic carbocycles. The highest BCUT2D eigenvalue weighted by atomic mass is 32.2. The van der Waals surface area contributed by atoms with Gasteiger partial charge in [-0.05, 0) is 73.3 Å². The second kappa shape index (κ2) is 7.50. The van der Waals surface area contributed by atoms with Crippen LogP contribution in [0.2, 0.25) is 0 Å². The molecule has 0 unspecified atom stereocenters. The molecule has 0 atom stereocenters. The van der Waals surface area contributed by atoms with Crippen molar-refractivity contribution in [3.05, 3.63) is 52.2 Å². The third kappa shape index (κ3) is 4.00. The lowest BCUT2D eigenvalue weighted by molar-refractivity contribution is 0.0730. The van der Waals surface area contributed by atoms with E-state index in [0.29, 0.717) is 12.1 Å². The van der Waals surface area contributed by atoms with Crippen molar-refractivity contribution in [2.45, 2.75) is 50.2 Å². The molecule has 0 radical (unpaired) electrons. The Balaban J connectivity index is 1.80. The summed E-state index contributed by atoms with van der Waals surface area (Å²) in [5, 5.41) is 4.07. The minimum absolute atomic E-state index is 0.0418. The molecule has 1 fully saturated rings. The van der Waals surface area contributed by atoms with Crippen molar-refractivity contribution in [2.75, 3.05) is 7.05 Å². The maximum Gasteiger partial charge on any atom is 0.254 e. The molecule has 0 N–H and O–H groups in total. The van der Waals surface area contributed by atoms with Crippen LogP contribution in [0.5, 0.6) is 0 Å². The SMILES string of the molecule is CC(C)N(C)S(=O)(=O)c1ccc(C(=O)N(Cc2ccsc2)C2CC2)cc1. The predicted octanol–water partition coefficient (Wildman–Crippen LogP) is 3.58. The average molecular weight is 393 g/mol. The summed E-state index contributed by atoms with van der Waals surface area (Å²) in [5.74, 6) is -0.0418. The second-order valence-electron chi connectivity index (χ2n) is 6.94. The topological polar surface area (TPSA) is 57.7 Å². The molecule has 1 aliphatic rings. The van der Waals surface area contributed by atoms with Gasteiger partial charge in [0.05, 0.1) is 4.90 Å². The van der Waals surface area contributed by atoms with E-state index in [1.165, 1.54) is 16.4 Å². The number of amides is 1. The van der Waals surface area contributed by atoms with E-state index in [1.54, 1.807) is 30.5 Å². The quantitative estimate of drug-likeness (QED) is 0.724. The molecule has 26 heavy (non-hydrogen) atoms. The van der Waals surface area contributed by atoms with Crippen molar-refractivity contribution < 1.29 is 13.2 Å². The van der Waals surface area contributed by atoms with Gasteiger partial charge in [-0.15, -0.1) is 0 Å². The lowest BCUT2D eigenvalue weighted by atomic mass is 10.2. The van der Waals surface area contributed by atoms with Crippen LogP contribution in [-0.4, -0.2) is 42.7 Å². The monoisotopic (exact) mass is 392 g/mol. The zero-order chi connectivity index (χ0) is 18.9. The Morgan fingerprint density at radius 2 is 1.85 bits per heavy atom. The van der Waals surface area contributed by atoms with Crippen LogP contribution in [0.3, 0.4) is 0 Å². The van der Waals surface area contributed by atoms with Gasteiger partial charge < -0.3 is 4.90 Å². The van der Waals surface area contributed by atoms with E-state index in [-0.39, 0.29) is 22.9 Å². The summed E-state index contributed by atoms with van der Waals surface area (Å²) in [6.45, 7) is 4.25. The first-order chi connectivity index (χ1) is 12.3. The van der Waals surface area contributed by atoms with Crippen LogP contribution < -0.4 is 0 Å². The molecule has 1 heterocycles. The summed E-state index contributed by atoms with van der Waals surface area (Å²) in [4.78, 5) is 15.0. The van der Waals surface area contributed by atoms with Crippen LogP contribution in [-0.2, 0) is 16.6 Å². The summed E-state index contributed by atoms with van der Waals surface area (Å²) in [7, 11) is -1.97. The number of carbonyl (C=O) groups is 1. The first kappa shape index (κ1) is 19.1. The smallest absolute Gasteiger partial charge is 0.254 e. The van der Waals surface area contributed by atoms with Gasteiger partial charge in [0.1, 0.15) is 0 Å². The second-order valence-corrected chi connectivity index (χ2v) is 9.71. The summed E-state index contributed by atoms with van der Waals surface area (Å²) in [6, 6.07) is 8.48. The molecule has 1 saturated carbocycles. The summed E-state index contributed by atoms with van der Waals surface area (Å²) >= 11 is 1.62. The Bertz CT molecular complexity index is 855. The lowest BCUT2D eigenvalue weighted by Crippen LogP contribution is -2.33. The number of sulfonamides is 1. The fourth-order valence-corrected chi connectivity index (χ4v) is 4.74. The van der Waals surface area contributed by atoms with Crippen LogP contribution in [0.25, 0.3) is 0 Å². The molecular weight excluding hydrogens is 368 g/mol. The first-order valence-corrected chi connectivity index (χ1v) is 11.1. The van der Waals surface area contributed by atoms with E-state index in [2.05, 4.69) is 5.38 Å². The molecule has 0 spiro atoms. The van der Waals surface area contributed by atoms with Crippen molar-refractivity contribution >= 4 is 27.3 Å². The number of carbonyl (C=O) groups excluding carboxylic acids is 1. The Labute approximate surface area is 159 Å². The molecular formula is C19H24N2O3S2. The maximum absolute atomic E-state index is 12.9. The predicted molar refractivity (Wildman–Crippen MR) is 104 cm³/mol. The number of benzene rings is 1. The van der Waals surface area contributed by atoms with Gasteiger partial charge in [-0.2, -0.15) is 15.6 Å². The van der Waals surface area contributed by atoms with Gasteiger partial charge in [-0.3, -0.25) is 4.79 Å². The van der Waals surface area contributed by atoms with Crippen LogP contribution in [0.1, 0.15) is 42.6 Å².